The molecular formula is C11H20N2O5S. The SMILES string of the molecule is COC(=O)C(CN)S(=O)(=O)CC(=O)N1CCCCC1. The molecule has 1 rings (SSSR count). The van der Waals surface area contributed by atoms with Crippen LogP contribution >= 0.6 is 0 Å². The van der Waals surface area contributed by atoms with Crippen molar-refractivity contribution in [3.05, 3.63) is 0 Å². The molecule has 110 valence electrons. The van der Waals surface area contributed by atoms with E-state index >= 15 is 0 Å². The van der Waals surface area contributed by atoms with Gasteiger partial charge in [-0.25, -0.2) is 8.42 Å². The number of amides is 1. The van der Waals surface area contributed by atoms with Crippen molar-refractivity contribution in [1.29, 1.82) is 0 Å². The minimum Gasteiger partial charge on any atom is -0.468 e. The van der Waals surface area contributed by atoms with Crippen LogP contribution in [-0.4, -0.2) is 62.9 Å². The fourth-order valence-corrected chi connectivity index (χ4v) is 3.44. The topological polar surface area (TPSA) is 107 Å². The fraction of sp³-hybridized carbons (Fsp3) is 0.818. The van der Waals surface area contributed by atoms with Gasteiger partial charge < -0.3 is 15.4 Å². The number of methoxy groups -OCH3 is 1. The number of sulfone groups is 1. The Kier molecular flexibility index (Phi) is 5.74. The Labute approximate surface area is 113 Å². The number of likely N-dealkylation sites (tertiary alicyclic amines) is 1. The van der Waals surface area contributed by atoms with Crippen molar-refractivity contribution >= 4 is 21.7 Å². The van der Waals surface area contributed by atoms with Crippen LogP contribution in [0.25, 0.3) is 0 Å². The predicted molar refractivity (Wildman–Crippen MR) is 69.1 cm³/mol. The maximum Gasteiger partial charge on any atom is 0.325 e. The number of hydrogen-bond donors (Lipinski definition) is 1. The second-order valence-electron chi connectivity index (χ2n) is 4.50. The van der Waals surface area contributed by atoms with Gasteiger partial charge >= 0.3 is 5.97 Å². The Morgan fingerprint density at radius 2 is 1.84 bits per heavy atom. The third-order valence-electron chi connectivity index (χ3n) is 3.15. The molecule has 8 heteroatoms. The number of piperidine rings is 1. The molecule has 0 saturated carbocycles. The van der Waals surface area contributed by atoms with Gasteiger partial charge in [0.2, 0.25) is 5.91 Å². The average Bonchev–Trinajstić information content (AvgIpc) is 2.39. The molecule has 1 fully saturated rings. The third-order valence-corrected chi connectivity index (χ3v) is 5.05. The summed E-state index contributed by atoms with van der Waals surface area (Å²) in [5.41, 5.74) is 5.28. The van der Waals surface area contributed by atoms with Crippen molar-refractivity contribution in [2.45, 2.75) is 24.5 Å². The lowest BCUT2D eigenvalue weighted by atomic mass is 10.1. The quantitative estimate of drug-likeness (QED) is 0.646. The van der Waals surface area contributed by atoms with Crippen LogP contribution in [0.15, 0.2) is 0 Å². The molecular weight excluding hydrogens is 272 g/mol. The second kappa shape index (κ2) is 6.85. The molecule has 1 saturated heterocycles. The van der Waals surface area contributed by atoms with Crippen LogP contribution in [0.4, 0.5) is 0 Å². The summed E-state index contributed by atoms with van der Waals surface area (Å²) in [7, 11) is -2.83. The molecule has 0 bridgehead atoms. The van der Waals surface area contributed by atoms with Crippen LogP contribution in [0.5, 0.6) is 0 Å². The number of carbonyl (C=O) groups excluding carboxylic acids is 2. The van der Waals surface area contributed by atoms with Crippen molar-refractivity contribution in [2.24, 2.45) is 5.73 Å². The van der Waals surface area contributed by atoms with Crippen molar-refractivity contribution < 1.29 is 22.7 Å². The summed E-state index contributed by atoms with van der Waals surface area (Å²) in [5, 5.41) is -1.47. The minimum atomic E-state index is -3.92. The van der Waals surface area contributed by atoms with Crippen molar-refractivity contribution in [2.75, 3.05) is 32.5 Å². The molecule has 1 unspecified atom stereocenters. The average molecular weight is 292 g/mol. The zero-order valence-corrected chi connectivity index (χ0v) is 11.8. The lowest BCUT2D eigenvalue weighted by Gasteiger charge is -2.27. The van der Waals surface area contributed by atoms with Gasteiger partial charge in [0.05, 0.1) is 7.11 Å². The zero-order chi connectivity index (χ0) is 14.5. The van der Waals surface area contributed by atoms with E-state index in [1.54, 1.807) is 0 Å². The highest BCUT2D eigenvalue weighted by atomic mass is 32.2. The van der Waals surface area contributed by atoms with Gasteiger partial charge in [-0.1, -0.05) is 0 Å². The lowest BCUT2D eigenvalue weighted by Crippen LogP contribution is -2.45. The van der Waals surface area contributed by atoms with E-state index in [9.17, 15) is 18.0 Å². The summed E-state index contributed by atoms with van der Waals surface area (Å²) in [6.45, 7) is 0.752. The largest absolute Gasteiger partial charge is 0.468 e. The van der Waals surface area contributed by atoms with Gasteiger partial charge in [-0.2, -0.15) is 0 Å². The normalized spacial score (nSPS) is 17.9. The highest BCUT2D eigenvalue weighted by molar-refractivity contribution is 7.93. The number of nitrogens with zero attached hydrogens (tertiary/aromatic N) is 1. The zero-order valence-electron chi connectivity index (χ0n) is 11.0. The van der Waals surface area contributed by atoms with Crippen molar-refractivity contribution in [3.8, 4) is 0 Å². The summed E-state index contributed by atoms with van der Waals surface area (Å²) in [6, 6.07) is 0. The third kappa shape index (κ3) is 4.17. The van der Waals surface area contributed by atoms with E-state index in [4.69, 9.17) is 5.73 Å². The van der Waals surface area contributed by atoms with Gasteiger partial charge in [-0.05, 0) is 19.3 Å². The maximum absolute atomic E-state index is 12.0. The molecule has 0 aromatic rings. The molecule has 0 aromatic heterocycles. The van der Waals surface area contributed by atoms with Crippen LogP contribution in [0, 0.1) is 0 Å². The first-order valence-electron chi connectivity index (χ1n) is 6.19. The number of carbonyl (C=O) groups is 2. The Bertz CT molecular complexity index is 428. The molecule has 0 spiro atoms. The summed E-state index contributed by atoms with van der Waals surface area (Å²) >= 11 is 0. The summed E-state index contributed by atoms with van der Waals surface area (Å²) < 4.78 is 28.4. The summed E-state index contributed by atoms with van der Waals surface area (Å²) in [6.07, 6.45) is 2.80. The van der Waals surface area contributed by atoms with Crippen LogP contribution in [0.3, 0.4) is 0 Å². The number of hydrogen-bond acceptors (Lipinski definition) is 6. The van der Waals surface area contributed by atoms with Crippen LogP contribution in [0.2, 0.25) is 0 Å². The van der Waals surface area contributed by atoms with Crippen LogP contribution in [-0.2, 0) is 24.2 Å². The van der Waals surface area contributed by atoms with E-state index in [-0.39, 0.29) is 6.54 Å². The van der Waals surface area contributed by atoms with Crippen molar-refractivity contribution in [1.82, 2.24) is 4.90 Å². The fourth-order valence-electron chi connectivity index (χ4n) is 2.03. The van der Waals surface area contributed by atoms with Gasteiger partial charge in [0.1, 0.15) is 5.75 Å². The molecule has 1 aliphatic rings. The first kappa shape index (κ1) is 15.9. The Hall–Kier alpha value is -1.15. The van der Waals surface area contributed by atoms with E-state index in [0.717, 1.165) is 26.4 Å². The second-order valence-corrected chi connectivity index (χ2v) is 6.68. The van der Waals surface area contributed by atoms with Crippen molar-refractivity contribution in [3.63, 3.8) is 0 Å². The smallest absolute Gasteiger partial charge is 0.325 e. The van der Waals surface area contributed by atoms with Crippen LogP contribution in [0.1, 0.15) is 19.3 Å². The molecule has 1 aliphatic heterocycles. The molecule has 0 radical (unpaired) electrons. The predicted octanol–water partition coefficient (Wildman–Crippen LogP) is -1.09. The molecule has 1 heterocycles. The lowest BCUT2D eigenvalue weighted by molar-refractivity contribution is -0.139. The first-order chi connectivity index (χ1) is 8.92. The highest BCUT2D eigenvalue weighted by Crippen LogP contribution is 2.11. The van der Waals surface area contributed by atoms with Crippen LogP contribution < -0.4 is 5.73 Å². The molecule has 1 amide bonds. The first-order valence-corrected chi connectivity index (χ1v) is 7.91. The van der Waals surface area contributed by atoms with E-state index in [1.165, 1.54) is 4.90 Å². The highest BCUT2D eigenvalue weighted by Gasteiger charge is 2.35. The molecule has 0 aliphatic carbocycles. The number of nitrogens with two attached hydrogens (primary N) is 1. The number of rotatable bonds is 5. The maximum atomic E-state index is 12.0. The van der Waals surface area contributed by atoms with Gasteiger partial charge in [0.15, 0.2) is 15.1 Å². The summed E-state index contributed by atoms with van der Waals surface area (Å²) in [5.74, 6) is -2.08. The van der Waals surface area contributed by atoms with Gasteiger partial charge in [-0.3, -0.25) is 9.59 Å². The minimum absolute atomic E-state index is 0.387. The van der Waals surface area contributed by atoms with E-state index < -0.39 is 32.7 Å². The van der Waals surface area contributed by atoms with E-state index in [1.807, 2.05) is 0 Å². The number of esters is 1. The van der Waals surface area contributed by atoms with Gasteiger partial charge in [-0.15, -0.1) is 0 Å². The van der Waals surface area contributed by atoms with E-state index in [2.05, 4.69) is 4.74 Å². The Morgan fingerprint density at radius 3 is 2.32 bits per heavy atom. The van der Waals surface area contributed by atoms with Gasteiger partial charge in [0.25, 0.3) is 0 Å². The monoisotopic (exact) mass is 292 g/mol. The molecule has 1 atom stereocenters. The molecule has 0 aromatic carbocycles. The number of ether oxygens (including phenoxy) is 1. The summed E-state index contributed by atoms with van der Waals surface area (Å²) in [4.78, 5) is 24.8. The molecule has 19 heavy (non-hydrogen) atoms. The van der Waals surface area contributed by atoms with E-state index in [0.29, 0.717) is 13.1 Å². The standard InChI is InChI=1S/C11H20N2O5S/c1-18-11(15)9(7-12)19(16,17)8-10(14)13-5-3-2-4-6-13/h9H,2-8,12H2,1H3. The molecule has 7 nitrogen and oxygen atoms in total. The molecule has 2 N–H and O–H groups in total. The van der Waals surface area contributed by atoms with Gasteiger partial charge in [0, 0.05) is 19.6 Å². The Balaban J connectivity index is 2.72. The Morgan fingerprint density at radius 1 is 1.26 bits per heavy atom.